The summed E-state index contributed by atoms with van der Waals surface area (Å²) in [6.07, 6.45) is 2.81. The maximum atomic E-state index is 13.2. The van der Waals surface area contributed by atoms with E-state index in [1.165, 1.54) is 23.9 Å². The summed E-state index contributed by atoms with van der Waals surface area (Å²) < 4.78 is 26.2. The van der Waals surface area contributed by atoms with Gasteiger partial charge < -0.3 is 9.94 Å². The molecule has 1 aromatic rings. The molecule has 0 amide bonds. The van der Waals surface area contributed by atoms with Gasteiger partial charge in [-0.25, -0.2) is 8.78 Å². The number of Topliss-reactive ketones (excluding diaryl/α,β-unsaturated/α-hetero) is 1. The van der Waals surface area contributed by atoms with Crippen LogP contribution in [0.5, 0.6) is 0 Å². The van der Waals surface area contributed by atoms with Gasteiger partial charge in [0.1, 0.15) is 12.4 Å². The van der Waals surface area contributed by atoms with Gasteiger partial charge in [-0.15, -0.1) is 11.8 Å². The fourth-order valence-corrected chi connectivity index (χ4v) is 4.05. The largest absolute Gasteiger partial charge is 0.511 e. The summed E-state index contributed by atoms with van der Waals surface area (Å²) >= 11 is 1.41. The Morgan fingerprint density at radius 2 is 2.07 bits per heavy atom. The lowest BCUT2D eigenvalue weighted by molar-refractivity contribution is -0.116. The highest BCUT2D eigenvalue weighted by Gasteiger charge is 2.30. The Morgan fingerprint density at radius 1 is 1.30 bits per heavy atom. The molecule has 0 saturated carbocycles. The third-order valence-electron chi connectivity index (χ3n) is 4.29. The van der Waals surface area contributed by atoms with Gasteiger partial charge in [0, 0.05) is 17.7 Å². The summed E-state index contributed by atoms with van der Waals surface area (Å²) in [6, 6.07) is 3.81. The second-order valence-corrected chi connectivity index (χ2v) is 7.61. The van der Waals surface area contributed by atoms with Crippen LogP contribution < -0.4 is 0 Å². The van der Waals surface area contributed by atoms with E-state index in [2.05, 4.69) is 5.16 Å². The van der Waals surface area contributed by atoms with E-state index in [1.807, 2.05) is 13.8 Å². The molecule has 1 aliphatic rings. The monoisotopic (exact) mass is 397 g/mol. The first-order valence-electron chi connectivity index (χ1n) is 9.18. The molecule has 7 heteroatoms. The molecule has 0 aliphatic heterocycles. The molecule has 4 nitrogen and oxygen atoms in total. The van der Waals surface area contributed by atoms with Gasteiger partial charge in [-0.3, -0.25) is 4.79 Å². The number of benzene rings is 1. The van der Waals surface area contributed by atoms with Crippen LogP contribution in [0.15, 0.2) is 39.6 Å². The van der Waals surface area contributed by atoms with E-state index in [-0.39, 0.29) is 17.5 Å². The fraction of sp³-hybridized carbons (Fsp3) is 0.500. The van der Waals surface area contributed by atoms with E-state index in [4.69, 9.17) is 4.84 Å². The zero-order chi connectivity index (χ0) is 19.8. The van der Waals surface area contributed by atoms with Crippen LogP contribution in [0.1, 0.15) is 46.0 Å². The van der Waals surface area contributed by atoms with Crippen LogP contribution in [0.4, 0.5) is 8.78 Å². The van der Waals surface area contributed by atoms with Crippen molar-refractivity contribution in [3.8, 4) is 0 Å². The van der Waals surface area contributed by atoms with Crippen LogP contribution in [0.25, 0.3) is 0 Å². The minimum Gasteiger partial charge on any atom is -0.511 e. The zero-order valence-corrected chi connectivity index (χ0v) is 16.5. The van der Waals surface area contributed by atoms with Gasteiger partial charge >= 0.3 is 0 Å². The van der Waals surface area contributed by atoms with Crippen LogP contribution in [0.2, 0.25) is 0 Å². The normalized spacial score (nSPS) is 18.1. The van der Waals surface area contributed by atoms with Gasteiger partial charge in [0.25, 0.3) is 0 Å². The van der Waals surface area contributed by atoms with Gasteiger partial charge in [-0.05, 0) is 49.6 Å². The first-order chi connectivity index (χ1) is 13.0. The molecule has 0 aromatic heterocycles. The number of hydrogen-bond donors (Lipinski definition) is 1. The van der Waals surface area contributed by atoms with Gasteiger partial charge in [0.15, 0.2) is 17.4 Å². The first kappa shape index (κ1) is 21.4. The van der Waals surface area contributed by atoms with Crippen LogP contribution >= 0.6 is 11.8 Å². The molecule has 1 aliphatic carbocycles. The average molecular weight is 397 g/mol. The minimum atomic E-state index is -0.866. The number of carbonyl (C=O) groups excluding carboxylic acids is 1. The van der Waals surface area contributed by atoms with Crippen molar-refractivity contribution >= 4 is 23.3 Å². The second kappa shape index (κ2) is 10.4. The third kappa shape index (κ3) is 6.06. The van der Waals surface area contributed by atoms with Crippen LogP contribution in [-0.4, -0.2) is 29.0 Å². The number of carbonyl (C=O) groups is 1. The Hall–Kier alpha value is -1.89. The fourth-order valence-electron chi connectivity index (χ4n) is 3.01. The highest BCUT2D eigenvalue weighted by atomic mass is 32.2. The number of aliphatic hydroxyl groups is 1. The van der Waals surface area contributed by atoms with Crippen molar-refractivity contribution in [3.63, 3.8) is 0 Å². The summed E-state index contributed by atoms with van der Waals surface area (Å²) in [5.74, 6) is -1.10. The molecule has 0 heterocycles. The molecule has 1 atom stereocenters. The van der Waals surface area contributed by atoms with Crippen LogP contribution in [-0.2, 0) is 9.63 Å². The Balaban J connectivity index is 1.97. The van der Waals surface area contributed by atoms with Gasteiger partial charge in [-0.2, -0.15) is 0 Å². The number of nitrogens with zero attached hydrogens (tertiary/aromatic N) is 1. The number of rotatable bonds is 9. The standard InChI is InChI=1S/C20H25F2NO3S/c1-3-5-17(23-26-4-2)20-18(24)10-13(11-19(20)25)8-9-27-14-6-7-15(21)16(22)12-14/h6-7,12-13,24H,3-5,8-11H2,1-2H3/b23-17+. The Morgan fingerprint density at radius 3 is 2.70 bits per heavy atom. The predicted octanol–water partition coefficient (Wildman–Crippen LogP) is 5.43. The van der Waals surface area contributed by atoms with E-state index < -0.39 is 11.6 Å². The van der Waals surface area contributed by atoms with Gasteiger partial charge in [-0.1, -0.05) is 18.5 Å². The topological polar surface area (TPSA) is 58.9 Å². The van der Waals surface area contributed by atoms with Gasteiger partial charge in [0.05, 0.1) is 11.3 Å². The van der Waals surface area contributed by atoms with Crippen molar-refractivity contribution < 1.29 is 23.5 Å². The highest BCUT2D eigenvalue weighted by molar-refractivity contribution is 7.99. The molecule has 27 heavy (non-hydrogen) atoms. The van der Waals surface area contributed by atoms with Crippen molar-refractivity contribution in [2.45, 2.75) is 50.8 Å². The molecule has 0 radical (unpaired) electrons. The SMILES string of the molecule is CCC/C(=N\OCC)C1=C(O)CC(CCSc2ccc(F)c(F)c2)CC1=O. The van der Waals surface area contributed by atoms with Crippen molar-refractivity contribution in [1.29, 1.82) is 0 Å². The average Bonchev–Trinajstić information content (AvgIpc) is 2.62. The molecular formula is C20H25F2NO3S. The van der Waals surface area contributed by atoms with E-state index in [0.29, 0.717) is 54.2 Å². The molecular weight excluding hydrogens is 372 g/mol. The van der Waals surface area contributed by atoms with Crippen LogP contribution in [0, 0.1) is 17.6 Å². The summed E-state index contributed by atoms with van der Waals surface area (Å²) in [4.78, 5) is 18.3. The number of hydrogen-bond acceptors (Lipinski definition) is 5. The predicted molar refractivity (Wildman–Crippen MR) is 103 cm³/mol. The molecule has 0 spiro atoms. The number of thioether (sulfide) groups is 1. The number of ketones is 1. The van der Waals surface area contributed by atoms with Crippen LogP contribution in [0.3, 0.4) is 0 Å². The number of aliphatic hydroxyl groups excluding tert-OH is 1. The zero-order valence-electron chi connectivity index (χ0n) is 15.6. The molecule has 0 saturated heterocycles. The quantitative estimate of drug-likeness (QED) is 0.343. The maximum absolute atomic E-state index is 13.2. The van der Waals surface area contributed by atoms with E-state index >= 15 is 0 Å². The smallest absolute Gasteiger partial charge is 0.168 e. The number of oxime groups is 1. The third-order valence-corrected chi connectivity index (χ3v) is 5.32. The lowest BCUT2D eigenvalue weighted by Gasteiger charge is -2.23. The van der Waals surface area contributed by atoms with E-state index in [9.17, 15) is 18.7 Å². The first-order valence-corrected chi connectivity index (χ1v) is 10.2. The van der Waals surface area contributed by atoms with Crippen molar-refractivity contribution in [1.82, 2.24) is 0 Å². The second-order valence-electron chi connectivity index (χ2n) is 6.44. The molecule has 0 bridgehead atoms. The van der Waals surface area contributed by atoms with E-state index in [0.717, 1.165) is 12.5 Å². The van der Waals surface area contributed by atoms with E-state index in [1.54, 1.807) is 0 Å². The molecule has 1 unspecified atom stereocenters. The molecule has 148 valence electrons. The minimum absolute atomic E-state index is 0.0222. The summed E-state index contributed by atoms with van der Waals surface area (Å²) in [7, 11) is 0. The molecule has 2 rings (SSSR count). The Kier molecular flexibility index (Phi) is 8.28. The molecule has 1 N–H and O–H groups in total. The summed E-state index contributed by atoms with van der Waals surface area (Å²) in [6.45, 7) is 4.19. The maximum Gasteiger partial charge on any atom is 0.168 e. The number of halogens is 2. The van der Waals surface area contributed by atoms with Crippen molar-refractivity contribution in [2.75, 3.05) is 12.4 Å². The van der Waals surface area contributed by atoms with Crippen molar-refractivity contribution in [2.24, 2.45) is 11.1 Å². The molecule has 0 fully saturated rings. The summed E-state index contributed by atoms with van der Waals surface area (Å²) in [5, 5.41) is 14.4. The Labute approximate surface area is 162 Å². The highest BCUT2D eigenvalue weighted by Crippen LogP contribution is 2.32. The summed E-state index contributed by atoms with van der Waals surface area (Å²) in [5.41, 5.74) is 0.811. The lowest BCUT2D eigenvalue weighted by atomic mass is 9.83. The van der Waals surface area contributed by atoms with Gasteiger partial charge in [0.2, 0.25) is 0 Å². The number of allylic oxidation sites excluding steroid dienone is 2. The lowest BCUT2D eigenvalue weighted by Crippen LogP contribution is -2.25. The molecule has 1 aromatic carbocycles. The van der Waals surface area contributed by atoms with Crippen molar-refractivity contribution in [3.05, 3.63) is 41.2 Å². The Bertz CT molecular complexity index is 734.